The number of amides is 2. The van der Waals surface area contributed by atoms with Crippen LogP contribution in [0.25, 0.3) is 0 Å². The number of carbonyl (C=O) groups is 2. The second kappa shape index (κ2) is 11.1. The van der Waals surface area contributed by atoms with E-state index in [9.17, 15) is 18.8 Å². The third kappa shape index (κ3) is 5.56. The summed E-state index contributed by atoms with van der Waals surface area (Å²) in [5.41, 5.74) is 1.01. The SMILES string of the molecule is COc1cc(=O)n2c(c1C(=O)NCc1cccc(F)c1)CCN(C(=O)C(C)Oc1ccccc1)CC2. The van der Waals surface area contributed by atoms with Crippen molar-refractivity contribution in [2.45, 2.75) is 32.5 Å². The largest absolute Gasteiger partial charge is 0.496 e. The van der Waals surface area contributed by atoms with Gasteiger partial charge in [-0.3, -0.25) is 14.4 Å². The molecule has 1 N–H and O–H groups in total. The number of rotatable bonds is 7. The molecule has 2 amide bonds. The van der Waals surface area contributed by atoms with Gasteiger partial charge in [0.25, 0.3) is 17.4 Å². The molecule has 1 unspecified atom stereocenters. The zero-order valence-corrected chi connectivity index (χ0v) is 20.2. The topological polar surface area (TPSA) is 89.9 Å². The summed E-state index contributed by atoms with van der Waals surface area (Å²) in [5.74, 6) is -0.294. The highest BCUT2D eigenvalue weighted by Crippen LogP contribution is 2.23. The molecular weight excluding hydrogens is 465 g/mol. The van der Waals surface area contributed by atoms with Crippen molar-refractivity contribution in [2.24, 2.45) is 0 Å². The molecule has 0 saturated heterocycles. The van der Waals surface area contributed by atoms with Gasteiger partial charge in [0.05, 0.1) is 7.11 Å². The molecule has 0 spiro atoms. The van der Waals surface area contributed by atoms with E-state index in [1.807, 2.05) is 18.2 Å². The van der Waals surface area contributed by atoms with Gasteiger partial charge in [-0.2, -0.15) is 0 Å². The molecular formula is C27H28FN3O5. The van der Waals surface area contributed by atoms with Gasteiger partial charge in [-0.15, -0.1) is 0 Å². The number of halogens is 1. The molecule has 0 aliphatic carbocycles. The normalized spacial score (nSPS) is 13.8. The van der Waals surface area contributed by atoms with E-state index in [0.29, 0.717) is 30.1 Å². The molecule has 1 aliphatic heterocycles. The minimum atomic E-state index is -0.714. The number of hydrogen-bond acceptors (Lipinski definition) is 5. The molecule has 0 saturated carbocycles. The number of ether oxygens (including phenoxy) is 2. The number of hydrogen-bond donors (Lipinski definition) is 1. The van der Waals surface area contributed by atoms with Crippen molar-refractivity contribution in [2.75, 3.05) is 20.2 Å². The number of nitrogens with zero attached hydrogens (tertiary/aromatic N) is 2. The summed E-state index contributed by atoms with van der Waals surface area (Å²) in [7, 11) is 1.39. The Morgan fingerprint density at radius 1 is 1.06 bits per heavy atom. The maximum Gasteiger partial charge on any atom is 0.263 e. The summed E-state index contributed by atoms with van der Waals surface area (Å²) >= 11 is 0. The van der Waals surface area contributed by atoms with E-state index in [2.05, 4.69) is 5.32 Å². The third-order valence-corrected chi connectivity index (χ3v) is 6.10. The summed E-state index contributed by atoms with van der Waals surface area (Å²) in [6, 6.07) is 16.3. The van der Waals surface area contributed by atoms with Gasteiger partial charge in [-0.1, -0.05) is 30.3 Å². The molecule has 2 heterocycles. The van der Waals surface area contributed by atoms with Gasteiger partial charge in [-0.25, -0.2) is 4.39 Å². The Morgan fingerprint density at radius 3 is 2.56 bits per heavy atom. The van der Waals surface area contributed by atoms with Crippen molar-refractivity contribution in [3.05, 3.63) is 93.7 Å². The molecule has 0 fully saturated rings. The quantitative estimate of drug-likeness (QED) is 0.547. The summed E-state index contributed by atoms with van der Waals surface area (Å²) in [5, 5.41) is 2.79. The number of benzene rings is 2. The number of methoxy groups -OCH3 is 1. The molecule has 0 radical (unpaired) electrons. The standard InChI is InChI=1S/C27H28FN3O5/c1-18(36-21-9-4-3-5-10-21)27(34)30-12-11-22-25(23(35-2)16-24(32)31(22)14-13-30)26(33)29-17-19-7-6-8-20(28)15-19/h3-10,15-16,18H,11-14,17H2,1-2H3,(H,29,33). The molecule has 1 aliphatic rings. The fraction of sp³-hybridized carbons (Fsp3) is 0.296. The molecule has 2 aromatic carbocycles. The van der Waals surface area contributed by atoms with Gasteiger partial charge in [0.2, 0.25) is 0 Å². The van der Waals surface area contributed by atoms with Crippen LogP contribution in [0.4, 0.5) is 4.39 Å². The van der Waals surface area contributed by atoms with Crippen LogP contribution in [0.15, 0.2) is 65.5 Å². The van der Waals surface area contributed by atoms with Gasteiger partial charge in [-0.05, 0) is 36.8 Å². The smallest absolute Gasteiger partial charge is 0.263 e. The van der Waals surface area contributed by atoms with Crippen LogP contribution in [0.1, 0.15) is 28.5 Å². The van der Waals surface area contributed by atoms with Gasteiger partial charge in [0.1, 0.15) is 22.9 Å². The van der Waals surface area contributed by atoms with Crippen LogP contribution in [0, 0.1) is 5.82 Å². The minimum Gasteiger partial charge on any atom is -0.496 e. The molecule has 188 valence electrons. The Labute approximate surface area is 208 Å². The first-order chi connectivity index (χ1) is 17.4. The highest BCUT2D eigenvalue weighted by Gasteiger charge is 2.28. The van der Waals surface area contributed by atoms with E-state index in [-0.39, 0.29) is 42.3 Å². The van der Waals surface area contributed by atoms with Crippen LogP contribution in [0.2, 0.25) is 0 Å². The lowest BCUT2D eigenvalue weighted by atomic mass is 10.1. The summed E-state index contributed by atoms with van der Waals surface area (Å²) in [4.78, 5) is 40.8. The number of carbonyl (C=O) groups excluding carboxylic acids is 2. The molecule has 8 nitrogen and oxygen atoms in total. The van der Waals surface area contributed by atoms with Gasteiger partial charge >= 0.3 is 0 Å². The third-order valence-electron chi connectivity index (χ3n) is 6.10. The Balaban J connectivity index is 1.53. The van der Waals surface area contributed by atoms with E-state index < -0.39 is 17.8 Å². The van der Waals surface area contributed by atoms with Crippen molar-refractivity contribution in [1.82, 2.24) is 14.8 Å². The Hall–Kier alpha value is -4.14. The number of fused-ring (bicyclic) bond motifs is 1. The summed E-state index contributed by atoms with van der Waals surface area (Å²) in [6.07, 6.45) is -0.437. The van der Waals surface area contributed by atoms with Gasteiger partial charge in [0, 0.05) is 44.4 Å². The summed E-state index contributed by atoms with van der Waals surface area (Å²) in [6.45, 7) is 2.63. The maximum atomic E-state index is 13.5. The molecule has 3 aromatic rings. The first-order valence-electron chi connectivity index (χ1n) is 11.7. The van der Waals surface area contributed by atoms with Crippen LogP contribution < -0.4 is 20.3 Å². The Bertz CT molecular complexity index is 1310. The van der Waals surface area contributed by atoms with Crippen molar-refractivity contribution in [3.63, 3.8) is 0 Å². The van der Waals surface area contributed by atoms with Crippen LogP contribution in [-0.4, -0.2) is 47.6 Å². The van der Waals surface area contributed by atoms with Crippen LogP contribution in [0.3, 0.4) is 0 Å². The minimum absolute atomic E-state index is 0.108. The fourth-order valence-corrected chi connectivity index (χ4v) is 4.30. The average Bonchev–Trinajstić information content (AvgIpc) is 3.11. The number of aromatic nitrogens is 1. The van der Waals surface area contributed by atoms with Crippen molar-refractivity contribution >= 4 is 11.8 Å². The molecule has 4 rings (SSSR count). The van der Waals surface area contributed by atoms with Crippen LogP contribution in [0.5, 0.6) is 11.5 Å². The Kier molecular flexibility index (Phi) is 7.68. The highest BCUT2D eigenvalue weighted by molar-refractivity contribution is 5.98. The van der Waals surface area contributed by atoms with E-state index in [4.69, 9.17) is 9.47 Å². The monoisotopic (exact) mass is 493 g/mol. The lowest BCUT2D eigenvalue weighted by Gasteiger charge is -2.24. The fourth-order valence-electron chi connectivity index (χ4n) is 4.30. The average molecular weight is 494 g/mol. The second-order valence-electron chi connectivity index (χ2n) is 8.49. The van der Waals surface area contributed by atoms with E-state index in [1.54, 1.807) is 36.1 Å². The number of nitrogens with one attached hydrogen (secondary N) is 1. The number of para-hydroxylation sites is 1. The predicted molar refractivity (Wildman–Crippen MR) is 132 cm³/mol. The second-order valence-corrected chi connectivity index (χ2v) is 8.49. The van der Waals surface area contributed by atoms with E-state index in [0.717, 1.165) is 0 Å². The number of pyridine rings is 1. The maximum absolute atomic E-state index is 13.5. The van der Waals surface area contributed by atoms with E-state index >= 15 is 0 Å². The molecule has 1 aromatic heterocycles. The first-order valence-corrected chi connectivity index (χ1v) is 11.7. The van der Waals surface area contributed by atoms with Crippen molar-refractivity contribution < 1.29 is 23.5 Å². The first kappa shape index (κ1) is 25.0. The molecule has 1 atom stereocenters. The molecule has 0 bridgehead atoms. The Morgan fingerprint density at radius 2 is 1.83 bits per heavy atom. The lowest BCUT2D eigenvalue weighted by Crippen LogP contribution is -2.42. The van der Waals surface area contributed by atoms with Crippen molar-refractivity contribution in [3.8, 4) is 11.5 Å². The van der Waals surface area contributed by atoms with Crippen LogP contribution >= 0.6 is 0 Å². The van der Waals surface area contributed by atoms with Gasteiger partial charge in [0.15, 0.2) is 6.10 Å². The predicted octanol–water partition coefficient (Wildman–Crippen LogP) is 2.78. The lowest BCUT2D eigenvalue weighted by molar-refractivity contribution is -0.137. The highest BCUT2D eigenvalue weighted by atomic mass is 19.1. The molecule has 9 heteroatoms. The summed E-state index contributed by atoms with van der Waals surface area (Å²) < 4.78 is 26.2. The van der Waals surface area contributed by atoms with Gasteiger partial charge < -0.3 is 24.3 Å². The van der Waals surface area contributed by atoms with E-state index in [1.165, 1.54) is 29.9 Å². The molecule has 36 heavy (non-hydrogen) atoms. The zero-order valence-electron chi connectivity index (χ0n) is 20.2. The zero-order chi connectivity index (χ0) is 25.7. The van der Waals surface area contributed by atoms with Crippen LogP contribution in [-0.2, 0) is 24.3 Å². The van der Waals surface area contributed by atoms with Crippen molar-refractivity contribution in [1.29, 1.82) is 0 Å².